The Labute approximate surface area is 152 Å². The SMILES string of the molecule is COc1ccccc1/C=c1\s/c(=C\C(=O)c2cccc(Cl)c2)[nH]c1=O. The van der Waals surface area contributed by atoms with Crippen molar-refractivity contribution in [3.63, 3.8) is 0 Å². The summed E-state index contributed by atoms with van der Waals surface area (Å²) in [5.41, 5.74) is 1.02. The predicted octanol–water partition coefficient (Wildman–Crippen LogP) is 2.59. The molecule has 0 bridgehead atoms. The minimum absolute atomic E-state index is 0.219. The van der Waals surface area contributed by atoms with Crippen molar-refractivity contribution in [1.29, 1.82) is 0 Å². The van der Waals surface area contributed by atoms with Crippen LogP contribution in [-0.2, 0) is 0 Å². The fourth-order valence-corrected chi connectivity index (χ4v) is 3.36. The van der Waals surface area contributed by atoms with Gasteiger partial charge < -0.3 is 9.72 Å². The standard InChI is InChI=1S/C19H14ClNO3S/c1-24-16-8-3-2-5-13(16)10-17-19(23)21-18(25-17)11-15(22)12-6-4-7-14(20)9-12/h2-11H,1H3,(H,21,23)/b17-10-,18-11-. The summed E-state index contributed by atoms with van der Waals surface area (Å²) in [5.74, 6) is 0.458. The Balaban J connectivity index is 2.02. The summed E-state index contributed by atoms with van der Waals surface area (Å²) >= 11 is 7.11. The molecular weight excluding hydrogens is 358 g/mol. The number of carbonyl (C=O) groups excluding carboxylic acids is 1. The van der Waals surface area contributed by atoms with Crippen LogP contribution in [0.1, 0.15) is 15.9 Å². The number of rotatable bonds is 4. The van der Waals surface area contributed by atoms with Gasteiger partial charge in [-0.25, -0.2) is 0 Å². The molecule has 0 atom stereocenters. The first-order chi connectivity index (χ1) is 12.1. The van der Waals surface area contributed by atoms with Crippen molar-refractivity contribution in [2.45, 2.75) is 0 Å². The minimum atomic E-state index is -0.249. The Morgan fingerprint density at radius 1 is 1.20 bits per heavy atom. The summed E-state index contributed by atoms with van der Waals surface area (Å²) in [7, 11) is 1.58. The first-order valence-electron chi connectivity index (χ1n) is 7.42. The van der Waals surface area contributed by atoms with Crippen LogP contribution in [0.4, 0.5) is 0 Å². The van der Waals surface area contributed by atoms with Crippen molar-refractivity contribution in [2.75, 3.05) is 7.11 Å². The number of carbonyl (C=O) groups is 1. The van der Waals surface area contributed by atoms with Gasteiger partial charge in [0.25, 0.3) is 5.56 Å². The largest absolute Gasteiger partial charge is 0.496 e. The molecule has 1 N–H and O–H groups in total. The van der Waals surface area contributed by atoms with Gasteiger partial charge in [-0.1, -0.05) is 41.9 Å². The van der Waals surface area contributed by atoms with Crippen molar-refractivity contribution in [3.05, 3.63) is 84.2 Å². The molecule has 2 aromatic carbocycles. The molecule has 0 amide bonds. The average Bonchev–Trinajstić information content (AvgIpc) is 2.94. The van der Waals surface area contributed by atoms with Gasteiger partial charge in [-0.3, -0.25) is 9.59 Å². The number of thiazole rings is 1. The zero-order valence-electron chi connectivity index (χ0n) is 13.3. The zero-order valence-corrected chi connectivity index (χ0v) is 14.9. The van der Waals surface area contributed by atoms with E-state index < -0.39 is 0 Å². The quantitative estimate of drug-likeness (QED) is 0.717. The highest BCUT2D eigenvalue weighted by molar-refractivity contribution is 7.07. The topological polar surface area (TPSA) is 59.2 Å². The molecule has 0 aliphatic carbocycles. The smallest absolute Gasteiger partial charge is 0.266 e. The lowest BCUT2D eigenvalue weighted by molar-refractivity contribution is 0.106. The van der Waals surface area contributed by atoms with E-state index in [1.165, 1.54) is 17.4 Å². The van der Waals surface area contributed by atoms with Crippen LogP contribution < -0.4 is 19.5 Å². The summed E-state index contributed by atoms with van der Waals surface area (Å²) in [5, 5.41) is 0.490. The fraction of sp³-hybridized carbons (Fsp3) is 0.0526. The van der Waals surface area contributed by atoms with E-state index >= 15 is 0 Å². The molecule has 0 saturated heterocycles. The van der Waals surface area contributed by atoms with Crippen molar-refractivity contribution < 1.29 is 9.53 Å². The number of hydrogen-bond donors (Lipinski definition) is 1. The number of nitrogens with one attached hydrogen (secondary N) is 1. The fourth-order valence-electron chi connectivity index (χ4n) is 2.30. The lowest BCUT2D eigenvalue weighted by Crippen LogP contribution is -2.20. The van der Waals surface area contributed by atoms with Crippen molar-refractivity contribution in [3.8, 4) is 5.75 Å². The average molecular weight is 372 g/mol. The molecule has 0 unspecified atom stereocenters. The second-order valence-corrected chi connectivity index (χ2v) is 6.71. The van der Waals surface area contributed by atoms with Crippen LogP contribution >= 0.6 is 22.9 Å². The van der Waals surface area contributed by atoms with E-state index in [1.807, 2.05) is 24.3 Å². The highest BCUT2D eigenvalue weighted by Crippen LogP contribution is 2.17. The Bertz CT molecular complexity index is 1100. The van der Waals surface area contributed by atoms with Crippen LogP contribution in [0.2, 0.25) is 5.02 Å². The normalized spacial score (nSPS) is 12.4. The summed E-state index contributed by atoms with van der Waals surface area (Å²) in [4.78, 5) is 27.1. The summed E-state index contributed by atoms with van der Waals surface area (Å²) in [6.07, 6.45) is 3.14. The first kappa shape index (κ1) is 17.2. The van der Waals surface area contributed by atoms with E-state index in [0.717, 1.165) is 5.56 Å². The van der Waals surface area contributed by atoms with Crippen LogP contribution in [0.25, 0.3) is 12.2 Å². The van der Waals surface area contributed by atoms with Gasteiger partial charge in [0.15, 0.2) is 5.78 Å². The number of ketones is 1. The predicted molar refractivity (Wildman–Crippen MR) is 101 cm³/mol. The molecule has 3 rings (SSSR count). The van der Waals surface area contributed by atoms with Gasteiger partial charge in [0.2, 0.25) is 0 Å². The monoisotopic (exact) mass is 371 g/mol. The Hall–Kier alpha value is -2.63. The minimum Gasteiger partial charge on any atom is -0.496 e. The summed E-state index contributed by atoms with van der Waals surface area (Å²) < 4.78 is 6.26. The number of methoxy groups -OCH3 is 1. The molecule has 126 valence electrons. The molecule has 1 heterocycles. The number of para-hydroxylation sites is 1. The second kappa shape index (κ2) is 7.51. The Morgan fingerprint density at radius 2 is 2.00 bits per heavy atom. The molecule has 4 nitrogen and oxygen atoms in total. The molecule has 1 aromatic heterocycles. The van der Waals surface area contributed by atoms with Gasteiger partial charge in [-0.05, 0) is 24.3 Å². The van der Waals surface area contributed by atoms with Gasteiger partial charge in [0.1, 0.15) is 5.75 Å². The maximum atomic E-state index is 12.3. The number of halogens is 1. The van der Waals surface area contributed by atoms with Crippen LogP contribution in [-0.4, -0.2) is 17.9 Å². The van der Waals surface area contributed by atoms with E-state index in [1.54, 1.807) is 37.5 Å². The van der Waals surface area contributed by atoms with Crippen LogP contribution in [0.3, 0.4) is 0 Å². The van der Waals surface area contributed by atoms with E-state index in [-0.39, 0.29) is 11.3 Å². The molecule has 6 heteroatoms. The van der Waals surface area contributed by atoms with Gasteiger partial charge in [-0.2, -0.15) is 0 Å². The van der Waals surface area contributed by atoms with E-state index in [0.29, 0.717) is 25.5 Å². The number of benzene rings is 2. The Kier molecular flexibility index (Phi) is 5.16. The van der Waals surface area contributed by atoms with Crippen LogP contribution in [0.5, 0.6) is 5.75 Å². The maximum absolute atomic E-state index is 12.3. The summed E-state index contributed by atoms with van der Waals surface area (Å²) in [6.45, 7) is 0. The highest BCUT2D eigenvalue weighted by Gasteiger charge is 2.04. The van der Waals surface area contributed by atoms with Gasteiger partial charge in [0.05, 0.1) is 16.3 Å². The number of aromatic amines is 1. The van der Waals surface area contributed by atoms with Crippen LogP contribution in [0, 0.1) is 0 Å². The van der Waals surface area contributed by atoms with E-state index in [9.17, 15) is 9.59 Å². The third-order valence-electron chi connectivity index (χ3n) is 3.48. The third-order valence-corrected chi connectivity index (χ3v) is 4.68. The third kappa shape index (κ3) is 4.07. The molecule has 0 aliphatic rings. The lowest BCUT2D eigenvalue weighted by Gasteiger charge is -2.02. The number of aromatic nitrogens is 1. The van der Waals surface area contributed by atoms with E-state index in [4.69, 9.17) is 16.3 Å². The summed E-state index contributed by atoms with van der Waals surface area (Å²) in [6, 6.07) is 14.1. The molecule has 0 radical (unpaired) electrons. The van der Waals surface area contributed by atoms with E-state index in [2.05, 4.69) is 4.98 Å². The molecular formula is C19H14ClNO3S. The lowest BCUT2D eigenvalue weighted by atomic mass is 10.1. The van der Waals surface area contributed by atoms with Gasteiger partial charge in [0, 0.05) is 22.2 Å². The van der Waals surface area contributed by atoms with Gasteiger partial charge in [-0.15, -0.1) is 11.3 Å². The van der Waals surface area contributed by atoms with Crippen LogP contribution in [0.15, 0.2) is 53.3 Å². The first-order valence-corrected chi connectivity index (χ1v) is 8.62. The maximum Gasteiger partial charge on any atom is 0.266 e. The molecule has 0 spiro atoms. The molecule has 25 heavy (non-hydrogen) atoms. The zero-order chi connectivity index (χ0) is 17.8. The Morgan fingerprint density at radius 3 is 2.76 bits per heavy atom. The van der Waals surface area contributed by atoms with Crippen molar-refractivity contribution in [1.82, 2.24) is 4.98 Å². The molecule has 0 fully saturated rings. The molecule has 0 aliphatic heterocycles. The number of Topliss-reactive ketones (excluding diaryl/α,β-unsaturated/α-hetero) is 1. The second-order valence-electron chi connectivity index (χ2n) is 5.19. The van der Waals surface area contributed by atoms with Crippen molar-refractivity contribution in [2.24, 2.45) is 0 Å². The number of H-pyrrole nitrogens is 1. The van der Waals surface area contributed by atoms with Crippen molar-refractivity contribution >= 4 is 40.9 Å². The molecule has 3 aromatic rings. The number of ether oxygens (including phenoxy) is 1. The molecule has 0 saturated carbocycles. The highest BCUT2D eigenvalue weighted by atomic mass is 35.5. The number of hydrogen-bond acceptors (Lipinski definition) is 4. The van der Waals surface area contributed by atoms with Gasteiger partial charge >= 0.3 is 0 Å².